The van der Waals surface area contributed by atoms with Crippen molar-refractivity contribution in [2.24, 2.45) is 4.99 Å². The Hall–Kier alpha value is -2.60. The maximum atomic E-state index is 13.9. The minimum Gasteiger partial charge on any atom is -0.491 e. The standard InChI is InChI=1S/C20H26FN3O2/c1-3-26-19-10-9-17(13-18(19)21)14-24-20(22-2)23-11-12-25-15-16-7-5-4-6-8-16/h4-10,13H,3,11-12,14-15H2,1-2H3,(H2,22,23,24). The largest absolute Gasteiger partial charge is 0.491 e. The summed E-state index contributed by atoms with van der Waals surface area (Å²) in [4.78, 5) is 4.15. The predicted octanol–water partition coefficient (Wildman–Crippen LogP) is 3.11. The molecule has 5 nitrogen and oxygen atoms in total. The van der Waals surface area contributed by atoms with Crippen molar-refractivity contribution in [3.05, 3.63) is 65.5 Å². The molecule has 2 aromatic carbocycles. The van der Waals surface area contributed by atoms with Crippen LogP contribution in [-0.2, 0) is 17.9 Å². The van der Waals surface area contributed by atoms with Crippen LogP contribution in [0.3, 0.4) is 0 Å². The van der Waals surface area contributed by atoms with E-state index in [2.05, 4.69) is 15.6 Å². The zero-order chi connectivity index (χ0) is 18.6. The SMILES string of the molecule is CCOc1ccc(CNC(=NC)NCCOCc2ccccc2)cc1F. The van der Waals surface area contributed by atoms with Crippen LogP contribution in [0.25, 0.3) is 0 Å². The first kappa shape index (κ1) is 19.7. The molecule has 0 saturated heterocycles. The summed E-state index contributed by atoms with van der Waals surface area (Å²) >= 11 is 0. The lowest BCUT2D eigenvalue weighted by molar-refractivity contribution is 0.125. The monoisotopic (exact) mass is 359 g/mol. The van der Waals surface area contributed by atoms with E-state index in [-0.39, 0.29) is 11.6 Å². The van der Waals surface area contributed by atoms with Gasteiger partial charge in [0.05, 0.1) is 19.8 Å². The molecule has 0 atom stereocenters. The van der Waals surface area contributed by atoms with Gasteiger partial charge in [0, 0.05) is 20.1 Å². The first-order valence-electron chi connectivity index (χ1n) is 8.70. The summed E-state index contributed by atoms with van der Waals surface area (Å²) in [7, 11) is 1.69. The molecule has 0 bridgehead atoms. The number of halogens is 1. The van der Waals surface area contributed by atoms with Crippen LogP contribution in [-0.4, -0.2) is 32.8 Å². The van der Waals surface area contributed by atoms with Crippen molar-refractivity contribution >= 4 is 5.96 Å². The second kappa shape index (κ2) is 11.1. The summed E-state index contributed by atoms with van der Waals surface area (Å²) in [5.74, 6) is 0.556. The maximum absolute atomic E-state index is 13.9. The average Bonchev–Trinajstić information content (AvgIpc) is 2.67. The van der Waals surface area contributed by atoms with Gasteiger partial charge in [0.1, 0.15) is 0 Å². The van der Waals surface area contributed by atoms with Crippen molar-refractivity contribution in [1.82, 2.24) is 10.6 Å². The molecule has 6 heteroatoms. The number of ether oxygens (including phenoxy) is 2. The van der Waals surface area contributed by atoms with Crippen LogP contribution in [0.5, 0.6) is 5.75 Å². The van der Waals surface area contributed by atoms with Crippen LogP contribution in [0, 0.1) is 5.82 Å². The smallest absolute Gasteiger partial charge is 0.191 e. The van der Waals surface area contributed by atoms with Crippen LogP contribution in [0.4, 0.5) is 4.39 Å². The zero-order valence-corrected chi connectivity index (χ0v) is 15.3. The molecular formula is C20H26FN3O2. The van der Waals surface area contributed by atoms with Crippen LogP contribution < -0.4 is 15.4 Å². The molecule has 0 aliphatic rings. The van der Waals surface area contributed by atoms with Crippen LogP contribution in [0.1, 0.15) is 18.1 Å². The Morgan fingerprint density at radius 3 is 2.58 bits per heavy atom. The Kier molecular flexibility index (Phi) is 8.42. The van der Waals surface area contributed by atoms with Gasteiger partial charge < -0.3 is 20.1 Å². The Labute approximate surface area is 154 Å². The minimum absolute atomic E-state index is 0.273. The quantitative estimate of drug-likeness (QED) is 0.410. The molecule has 0 heterocycles. The summed E-state index contributed by atoms with van der Waals surface area (Å²) in [5, 5.41) is 6.32. The number of hydrogen-bond donors (Lipinski definition) is 2. The van der Waals surface area contributed by atoms with Gasteiger partial charge in [-0.05, 0) is 30.2 Å². The molecule has 0 spiro atoms. The van der Waals surface area contributed by atoms with Gasteiger partial charge in [0.15, 0.2) is 17.5 Å². The third-order valence-electron chi connectivity index (χ3n) is 3.63. The molecule has 140 valence electrons. The van der Waals surface area contributed by atoms with Gasteiger partial charge in [-0.15, -0.1) is 0 Å². The number of nitrogens with zero attached hydrogens (tertiary/aromatic N) is 1. The predicted molar refractivity (Wildman–Crippen MR) is 102 cm³/mol. The summed E-state index contributed by atoms with van der Waals surface area (Å²) in [6.07, 6.45) is 0. The van der Waals surface area contributed by atoms with E-state index in [0.717, 1.165) is 11.1 Å². The van der Waals surface area contributed by atoms with Crippen LogP contribution >= 0.6 is 0 Å². The van der Waals surface area contributed by atoms with Gasteiger partial charge in [0.2, 0.25) is 0 Å². The lowest BCUT2D eigenvalue weighted by Gasteiger charge is -2.13. The number of rotatable bonds is 9. The van der Waals surface area contributed by atoms with Gasteiger partial charge in [-0.3, -0.25) is 4.99 Å². The van der Waals surface area contributed by atoms with E-state index < -0.39 is 0 Å². The van der Waals surface area contributed by atoms with E-state index in [0.29, 0.717) is 38.9 Å². The number of benzene rings is 2. The van der Waals surface area contributed by atoms with E-state index in [1.54, 1.807) is 13.1 Å². The first-order valence-corrected chi connectivity index (χ1v) is 8.70. The van der Waals surface area contributed by atoms with Crippen molar-refractivity contribution < 1.29 is 13.9 Å². The summed E-state index contributed by atoms with van der Waals surface area (Å²) in [6.45, 7) is 4.51. The van der Waals surface area contributed by atoms with E-state index in [9.17, 15) is 4.39 Å². The Morgan fingerprint density at radius 2 is 1.88 bits per heavy atom. The van der Waals surface area contributed by atoms with Gasteiger partial charge in [-0.25, -0.2) is 4.39 Å². The van der Waals surface area contributed by atoms with E-state index in [1.807, 2.05) is 43.3 Å². The molecule has 0 aliphatic heterocycles. The molecule has 0 amide bonds. The molecule has 0 saturated carbocycles. The lowest BCUT2D eigenvalue weighted by atomic mass is 10.2. The average molecular weight is 359 g/mol. The summed E-state index contributed by atoms with van der Waals surface area (Å²) in [5.41, 5.74) is 1.96. The number of hydrogen-bond acceptors (Lipinski definition) is 3. The van der Waals surface area contributed by atoms with Gasteiger partial charge in [-0.2, -0.15) is 0 Å². The summed E-state index contributed by atoms with van der Waals surface area (Å²) < 4.78 is 24.7. The molecule has 0 fully saturated rings. The first-order chi connectivity index (χ1) is 12.7. The molecule has 0 unspecified atom stereocenters. The molecule has 0 aliphatic carbocycles. The van der Waals surface area contributed by atoms with Crippen molar-refractivity contribution in [3.63, 3.8) is 0 Å². The zero-order valence-electron chi connectivity index (χ0n) is 15.3. The van der Waals surface area contributed by atoms with E-state index >= 15 is 0 Å². The highest BCUT2D eigenvalue weighted by atomic mass is 19.1. The molecular weight excluding hydrogens is 333 g/mol. The number of nitrogens with one attached hydrogen (secondary N) is 2. The highest BCUT2D eigenvalue weighted by Crippen LogP contribution is 2.18. The Bertz CT molecular complexity index is 693. The van der Waals surface area contributed by atoms with Crippen LogP contribution in [0.2, 0.25) is 0 Å². The normalized spacial score (nSPS) is 11.3. The third-order valence-corrected chi connectivity index (χ3v) is 3.63. The van der Waals surface area contributed by atoms with E-state index in [4.69, 9.17) is 9.47 Å². The highest BCUT2D eigenvalue weighted by Gasteiger charge is 2.05. The topological polar surface area (TPSA) is 54.9 Å². The number of guanidine groups is 1. The fourth-order valence-corrected chi connectivity index (χ4v) is 2.34. The molecule has 0 aromatic heterocycles. The maximum Gasteiger partial charge on any atom is 0.191 e. The molecule has 0 radical (unpaired) electrons. The van der Waals surface area contributed by atoms with Crippen LogP contribution in [0.15, 0.2) is 53.5 Å². The second-order valence-electron chi connectivity index (χ2n) is 5.59. The molecule has 2 N–H and O–H groups in total. The minimum atomic E-state index is -0.358. The van der Waals surface area contributed by atoms with Crippen molar-refractivity contribution in [2.45, 2.75) is 20.1 Å². The van der Waals surface area contributed by atoms with Gasteiger partial charge in [-0.1, -0.05) is 36.4 Å². The third kappa shape index (κ3) is 6.72. The molecule has 2 aromatic rings. The van der Waals surface area contributed by atoms with Crippen molar-refractivity contribution in [2.75, 3.05) is 26.8 Å². The highest BCUT2D eigenvalue weighted by molar-refractivity contribution is 5.79. The van der Waals surface area contributed by atoms with E-state index in [1.165, 1.54) is 6.07 Å². The fraction of sp³-hybridized carbons (Fsp3) is 0.350. The Morgan fingerprint density at radius 1 is 1.08 bits per heavy atom. The second-order valence-corrected chi connectivity index (χ2v) is 5.59. The Balaban J connectivity index is 1.68. The van der Waals surface area contributed by atoms with Crippen molar-refractivity contribution in [1.29, 1.82) is 0 Å². The van der Waals surface area contributed by atoms with Crippen molar-refractivity contribution in [3.8, 4) is 5.75 Å². The molecule has 26 heavy (non-hydrogen) atoms. The fourth-order valence-electron chi connectivity index (χ4n) is 2.34. The number of aliphatic imine (C=N–C) groups is 1. The summed E-state index contributed by atoms with van der Waals surface area (Å²) in [6, 6.07) is 15.0. The van der Waals surface area contributed by atoms with Gasteiger partial charge in [0.25, 0.3) is 0 Å². The lowest BCUT2D eigenvalue weighted by Crippen LogP contribution is -2.38. The van der Waals surface area contributed by atoms with Gasteiger partial charge >= 0.3 is 0 Å². The molecule has 2 rings (SSSR count).